The number of hydrogen-bond donors (Lipinski definition) is 0. The lowest BCUT2D eigenvalue weighted by Gasteiger charge is -2.35. The Labute approximate surface area is 133 Å². The second kappa shape index (κ2) is 6.20. The summed E-state index contributed by atoms with van der Waals surface area (Å²) in [5.41, 5.74) is 3.43. The molecule has 5 heteroatoms. The number of hydrogen-bond acceptors (Lipinski definition) is 3. The van der Waals surface area contributed by atoms with Crippen LogP contribution in [-0.2, 0) is 10.1 Å². The highest BCUT2D eigenvalue weighted by Crippen LogP contribution is 2.31. The molecule has 2 aromatic rings. The maximum Gasteiger partial charge on any atom is 0.137 e. The number of morpholine rings is 1. The maximum absolute atomic E-state index is 5.58. The van der Waals surface area contributed by atoms with Crippen molar-refractivity contribution in [2.75, 3.05) is 24.7 Å². The summed E-state index contributed by atoms with van der Waals surface area (Å²) in [7, 11) is 0. The first-order valence-corrected chi connectivity index (χ1v) is 8.38. The summed E-state index contributed by atoms with van der Waals surface area (Å²) >= 11 is 3.62. The first-order valence-electron chi connectivity index (χ1n) is 7.26. The van der Waals surface area contributed by atoms with Gasteiger partial charge in [-0.2, -0.15) is 5.10 Å². The van der Waals surface area contributed by atoms with Crippen molar-refractivity contribution in [3.05, 3.63) is 41.6 Å². The average molecular weight is 350 g/mol. The Morgan fingerprint density at radius 2 is 2.10 bits per heavy atom. The molecule has 21 heavy (non-hydrogen) atoms. The molecule has 1 aromatic carbocycles. The monoisotopic (exact) mass is 349 g/mol. The van der Waals surface area contributed by atoms with Gasteiger partial charge in [-0.25, -0.2) is 4.68 Å². The van der Waals surface area contributed by atoms with Crippen molar-refractivity contribution in [2.24, 2.45) is 0 Å². The third-order valence-corrected chi connectivity index (χ3v) is 4.49. The van der Waals surface area contributed by atoms with Gasteiger partial charge in [-0.05, 0) is 26.0 Å². The standard InChI is InChI=1S/C16H20BrN3O/c1-12-11-21-9-8-19(12)16-15(10-17)13(2)18-20(16)14-6-4-3-5-7-14/h3-7,12H,8-11H2,1-2H3. The normalized spacial score (nSPS) is 19.0. The number of halogens is 1. The van der Waals surface area contributed by atoms with Crippen molar-refractivity contribution in [3.63, 3.8) is 0 Å². The van der Waals surface area contributed by atoms with Gasteiger partial charge in [0, 0.05) is 17.4 Å². The molecule has 0 amide bonds. The second-order valence-electron chi connectivity index (χ2n) is 5.39. The lowest BCUT2D eigenvalue weighted by Crippen LogP contribution is -2.45. The second-order valence-corrected chi connectivity index (χ2v) is 5.95. The molecule has 1 saturated heterocycles. The van der Waals surface area contributed by atoms with Crippen LogP contribution in [0.25, 0.3) is 5.69 Å². The molecule has 0 radical (unpaired) electrons. The van der Waals surface area contributed by atoms with Gasteiger partial charge >= 0.3 is 0 Å². The van der Waals surface area contributed by atoms with Crippen molar-refractivity contribution in [1.29, 1.82) is 0 Å². The molecule has 1 aliphatic heterocycles. The minimum Gasteiger partial charge on any atom is -0.377 e. The van der Waals surface area contributed by atoms with Crippen LogP contribution in [0, 0.1) is 6.92 Å². The summed E-state index contributed by atoms with van der Waals surface area (Å²) < 4.78 is 7.64. The fourth-order valence-corrected chi connectivity index (χ4v) is 3.45. The van der Waals surface area contributed by atoms with Crippen LogP contribution in [0.15, 0.2) is 30.3 Å². The van der Waals surface area contributed by atoms with Crippen LogP contribution < -0.4 is 4.90 Å². The van der Waals surface area contributed by atoms with Crippen LogP contribution in [0.5, 0.6) is 0 Å². The Morgan fingerprint density at radius 1 is 1.33 bits per heavy atom. The molecule has 1 unspecified atom stereocenters. The molecule has 0 aliphatic carbocycles. The van der Waals surface area contributed by atoms with Gasteiger partial charge in [-0.1, -0.05) is 34.1 Å². The van der Waals surface area contributed by atoms with E-state index in [2.05, 4.69) is 51.5 Å². The number of para-hydroxylation sites is 1. The minimum atomic E-state index is 0.357. The van der Waals surface area contributed by atoms with Crippen molar-refractivity contribution in [2.45, 2.75) is 25.2 Å². The fraction of sp³-hybridized carbons (Fsp3) is 0.438. The van der Waals surface area contributed by atoms with Crippen molar-refractivity contribution < 1.29 is 4.74 Å². The lowest BCUT2D eigenvalue weighted by atomic mass is 10.2. The summed E-state index contributed by atoms with van der Waals surface area (Å²) in [6.45, 7) is 6.71. The molecule has 1 atom stereocenters. The third-order valence-electron chi connectivity index (χ3n) is 3.93. The average Bonchev–Trinajstić information content (AvgIpc) is 2.85. The van der Waals surface area contributed by atoms with Gasteiger partial charge in [0.15, 0.2) is 0 Å². The number of benzene rings is 1. The number of alkyl halides is 1. The largest absolute Gasteiger partial charge is 0.377 e. The topological polar surface area (TPSA) is 30.3 Å². The quantitative estimate of drug-likeness (QED) is 0.796. The van der Waals surface area contributed by atoms with E-state index in [1.54, 1.807) is 0 Å². The van der Waals surface area contributed by atoms with Crippen molar-refractivity contribution in [3.8, 4) is 5.69 Å². The Bertz CT molecular complexity index is 611. The van der Waals surface area contributed by atoms with Gasteiger partial charge in [-0.15, -0.1) is 0 Å². The maximum atomic E-state index is 5.58. The van der Waals surface area contributed by atoms with Crippen LogP contribution in [0.3, 0.4) is 0 Å². The van der Waals surface area contributed by atoms with E-state index in [4.69, 9.17) is 9.84 Å². The molecular weight excluding hydrogens is 330 g/mol. The van der Waals surface area contributed by atoms with Gasteiger partial charge in [0.1, 0.15) is 5.82 Å². The van der Waals surface area contributed by atoms with Crippen LogP contribution in [-0.4, -0.2) is 35.6 Å². The molecule has 3 rings (SSSR count). The Balaban J connectivity index is 2.12. The molecule has 0 spiro atoms. The molecule has 2 heterocycles. The first-order chi connectivity index (χ1) is 10.2. The van der Waals surface area contributed by atoms with E-state index in [0.717, 1.165) is 36.5 Å². The highest BCUT2D eigenvalue weighted by molar-refractivity contribution is 9.08. The number of anilines is 1. The van der Waals surface area contributed by atoms with Gasteiger partial charge in [0.25, 0.3) is 0 Å². The number of nitrogens with zero attached hydrogens (tertiary/aromatic N) is 3. The molecular formula is C16H20BrN3O. The van der Waals surface area contributed by atoms with Gasteiger partial charge < -0.3 is 9.64 Å². The van der Waals surface area contributed by atoms with E-state index in [9.17, 15) is 0 Å². The zero-order valence-electron chi connectivity index (χ0n) is 12.4. The summed E-state index contributed by atoms with van der Waals surface area (Å²) in [6.07, 6.45) is 0. The first kappa shape index (κ1) is 14.6. The van der Waals surface area contributed by atoms with E-state index in [1.165, 1.54) is 11.4 Å². The van der Waals surface area contributed by atoms with Crippen LogP contribution in [0.2, 0.25) is 0 Å². The number of ether oxygens (including phenoxy) is 1. The van der Waals surface area contributed by atoms with Crippen molar-refractivity contribution in [1.82, 2.24) is 9.78 Å². The zero-order chi connectivity index (χ0) is 14.8. The summed E-state index contributed by atoms with van der Waals surface area (Å²) in [4.78, 5) is 2.41. The smallest absolute Gasteiger partial charge is 0.137 e. The van der Waals surface area contributed by atoms with E-state index in [1.807, 2.05) is 18.2 Å². The van der Waals surface area contributed by atoms with Gasteiger partial charge in [-0.3, -0.25) is 0 Å². The predicted octanol–water partition coefficient (Wildman–Crippen LogP) is 3.30. The Morgan fingerprint density at radius 3 is 2.76 bits per heavy atom. The molecule has 0 N–H and O–H groups in total. The molecule has 0 saturated carbocycles. The molecule has 4 nitrogen and oxygen atoms in total. The molecule has 1 fully saturated rings. The van der Waals surface area contributed by atoms with E-state index < -0.39 is 0 Å². The SMILES string of the molecule is Cc1nn(-c2ccccc2)c(N2CCOCC2C)c1CBr. The highest BCUT2D eigenvalue weighted by Gasteiger charge is 2.27. The van der Waals surface area contributed by atoms with Gasteiger partial charge in [0.2, 0.25) is 0 Å². The third kappa shape index (κ3) is 2.72. The van der Waals surface area contributed by atoms with E-state index >= 15 is 0 Å². The Kier molecular flexibility index (Phi) is 4.31. The summed E-state index contributed by atoms with van der Waals surface area (Å²) in [5.74, 6) is 1.19. The molecule has 1 aliphatic rings. The van der Waals surface area contributed by atoms with Crippen LogP contribution >= 0.6 is 15.9 Å². The molecule has 0 bridgehead atoms. The van der Waals surface area contributed by atoms with Crippen molar-refractivity contribution >= 4 is 21.7 Å². The Hall–Kier alpha value is -1.33. The number of aromatic nitrogens is 2. The zero-order valence-corrected chi connectivity index (χ0v) is 14.0. The van der Waals surface area contributed by atoms with Gasteiger partial charge in [0.05, 0.1) is 30.6 Å². The number of rotatable bonds is 3. The summed E-state index contributed by atoms with van der Waals surface area (Å²) in [5, 5.41) is 5.58. The van der Waals surface area contributed by atoms with Crippen LogP contribution in [0.1, 0.15) is 18.2 Å². The lowest BCUT2D eigenvalue weighted by molar-refractivity contribution is 0.0982. The molecule has 112 valence electrons. The summed E-state index contributed by atoms with van der Waals surface area (Å²) in [6, 6.07) is 10.7. The van der Waals surface area contributed by atoms with E-state index in [-0.39, 0.29) is 0 Å². The minimum absolute atomic E-state index is 0.357. The van der Waals surface area contributed by atoms with Crippen LogP contribution in [0.4, 0.5) is 5.82 Å². The highest BCUT2D eigenvalue weighted by atomic mass is 79.9. The molecule has 1 aromatic heterocycles. The number of aryl methyl sites for hydroxylation is 1. The fourth-order valence-electron chi connectivity index (χ4n) is 2.79. The predicted molar refractivity (Wildman–Crippen MR) is 88.6 cm³/mol. The van der Waals surface area contributed by atoms with E-state index in [0.29, 0.717) is 6.04 Å².